The highest BCUT2D eigenvalue weighted by Gasteiger charge is 2.35. The summed E-state index contributed by atoms with van der Waals surface area (Å²) in [5.41, 5.74) is 0.921. The third kappa shape index (κ3) is 5.08. The lowest BCUT2D eigenvalue weighted by Crippen LogP contribution is -2.37. The summed E-state index contributed by atoms with van der Waals surface area (Å²) in [7, 11) is 0. The molecule has 2 N–H and O–H groups in total. The summed E-state index contributed by atoms with van der Waals surface area (Å²) >= 11 is 3.44. The van der Waals surface area contributed by atoms with Crippen LogP contribution in [0.15, 0.2) is 84.0 Å². The van der Waals surface area contributed by atoms with Crippen LogP contribution in [0.2, 0.25) is 0 Å². The fourth-order valence-corrected chi connectivity index (χ4v) is 4.29. The van der Waals surface area contributed by atoms with Crippen molar-refractivity contribution in [3.8, 4) is 0 Å². The average molecular weight is 539 g/mol. The number of aromatic nitrogens is 5. The minimum Gasteiger partial charge on any atom is -0.381 e. The van der Waals surface area contributed by atoms with Crippen LogP contribution in [-0.4, -0.2) is 29.7 Å². The lowest BCUT2D eigenvalue weighted by Gasteiger charge is -2.29. The number of benzene rings is 3. The van der Waals surface area contributed by atoms with E-state index in [-0.39, 0.29) is 18.7 Å². The molecule has 2 aromatic heterocycles. The maximum Gasteiger partial charge on any atom is 0.137 e. The Kier molecular flexibility index (Phi) is 6.31. The minimum atomic E-state index is -1.77. The zero-order valence-electron chi connectivity index (χ0n) is 18.4. The van der Waals surface area contributed by atoms with Gasteiger partial charge in [0.15, 0.2) is 0 Å². The first kappa shape index (κ1) is 23.1. The molecule has 2 heterocycles. The average Bonchev–Trinajstić information content (AvgIpc) is 3.48. The van der Waals surface area contributed by atoms with E-state index in [0.717, 1.165) is 38.8 Å². The van der Waals surface area contributed by atoms with Crippen molar-refractivity contribution >= 4 is 32.5 Å². The molecule has 0 radical (unpaired) electrons. The van der Waals surface area contributed by atoms with Gasteiger partial charge in [0.05, 0.1) is 24.8 Å². The van der Waals surface area contributed by atoms with Crippen molar-refractivity contribution < 1.29 is 13.9 Å². The highest BCUT2D eigenvalue weighted by atomic mass is 79.9. The Morgan fingerprint density at radius 1 is 0.971 bits per heavy atom. The van der Waals surface area contributed by atoms with Crippen LogP contribution in [0.3, 0.4) is 0 Å². The number of nitrogens with one attached hydrogen (secondary N) is 1. The largest absolute Gasteiger partial charge is 0.381 e. The summed E-state index contributed by atoms with van der Waals surface area (Å²) in [5.74, 6) is -1.57. The van der Waals surface area contributed by atoms with Gasteiger partial charge in [-0.05, 0) is 42.0 Å². The van der Waals surface area contributed by atoms with Crippen LogP contribution in [0.1, 0.15) is 11.1 Å². The van der Waals surface area contributed by atoms with Crippen LogP contribution in [-0.2, 0) is 25.2 Å². The number of halogens is 3. The second kappa shape index (κ2) is 9.55. The molecular formula is C25H21BrF2N6O. The van der Waals surface area contributed by atoms with E-state index in [4.69, 9.17) is 0 Å². The summed E-state index contributed by atoms with van der Waals surface area (Å²) in [4.78, 5) is 3.90. The monoisotopic (exact) mass is 538 g/mol. The molecule has 10 heteroatoms. The van der Waals surface area contributed by atoms with Crippen LogP contribution in [0.25, 0.3) is 10.9 Å². The Hall–Kier alpha value is -3.63. The maximum atomic E-state index is 14.8. The van der Waals surface area contributed by atoms with Gasteiger partial charge in [0.1, 0.15) is 29.9 Å². The lowest BCUT2D eigenvalue weighted by atomic mass is 9.92. The highest BCUT2D eigenvalue weighted by Crippen LogP contribution is 2.30. The van der Waals surface area contributed by atoms with E-state index in [1.165, 1.54) is 23.4 Å². The predicted molar refractivity (Wildman–Crippen MR) is 131 cm³/mol. The SMILES string of the molecule is OC(Cn1cncn1)(Cn1ncc2ccc(NCc3ccc(Br)cc3)cc21)c1ccc(F)cc1F. The number of aliphatic hydroxyl groups is 1. The molecule has 0 saturated carbocycles. The van der Waals surface area contributed by atoms with Gasteiger partial charge in [0.25, 0.3) is 0 Å². The van der Waals surface area contributed by atoms with E-state index in [1.54, 1.807) is 10.9 Å². The van der Waals surface area contributed by atoms with Crippen molar-refractivity contribution in [2.75, 3.05) is 5.32 Å². The first-order valence-electron chi connectivity index (χ1n) is 10.8. The number of nitrogens with zero attached hydrogens (tertiary/aromatic N) is 5. The van der Waals surface area contributed by atoms with Crippen molar-refractivity contribution in [2.45, 2.75) is 25.2 Å². The Morgan fingerprint density at radius 3 is 2.54 bits per heavy atom. The summed E-state index contributed by atoms with van der Waals surface area (Å²) in [6.07, 6.45) is 4.44. The molecule has 0 amide bonds. The maximum absolute atomic E-state index is 14.8. The van der Waals surface area contributed by atoms with Crippen LogP contribution in [0.5, 0.6) is 0 Å². The van der Waals surface area contributed by atoms with Gasteiger partial charge in [-0.2, -0.15) is 10.2 Å². The Labute approximate surface area is 208 Å². The summed E-state index contributed by atoms with van der Waals surface area (Å²) in [5, 5.41) is 24.4. The number of hydrogen-bond acceptors (Lipinski definition) is 5. The second-order valence-electron chi connectivity index (χ2n) is 8.30. The van der Waals surface area contributed by atoms with E-state index in [1.807, 2.05) is 42.5 Å². The van der Waals surface area contributed by atoms with Gasteiger partial charge in [-0.25, -0.2) is 18.4 Å². The van der Waals surface area contributed by atoms with Gasteiger partial charge in [-0.1, -0.05) is 34.1 Å². The molecule has 178 valence electrons. The first-order chi connectivity index (χ1) is 16.9. The minimum absolute atomic E-state index is 0.0532. The molecule has 0 saturated heterocycles. The van der Waals surface area contributed by atoms with Gasteiger partial charge >= 0.3 is 0 Å². The van der Waals surface area contributed by atoms with Crippen molar-refractivity contribution in [3.05, 3.63) is 107 Å². The van der Waals surface area contributed by atoms with Crippen LogP contribution < -0.4 is 5.32 Å². The van der Waals surface area contributed by atoms with Crippen LogP contribution in [0, 0.1) is 11.6 Å². The summed E-state index contributed by atoms with van der Waals surface area (Å²) < 4.78 is 32.4. The van der Waals surface area contributed by atoms with Crippen LogP contribution in [0.4, 0.5) is 14.5 Å². The van der Waals surface area contributed by atoms with Crippen molar-refractivity contribution in [2.24, 2.45) is 0 Å². The molecule has 1 unspecified atom stereocenters. The van der Waals surface area contributed by atoms with E-state index in [9.17, 15) is 13.9 Å². The number of fused-ring (bicyclic) bond motifs is 1. The van der Waals surface area contributed by atoms with Crippen molar-refractivity contribution in [1.29, 1.82) is 0 Å². The Bertz CT molecular complexity index is 1460. The molecule has 5 rings (SSSR count). The van der Waals surface area contributed by atoms with Crippen molar-refractivity contribution in [1.82, 2.24) is 24.5 Å². The molecule has 0 bridgehead atoms. The van der Waals surface area contributed by atoms with Crippen molar-refractivity contribution in [3.63, 3.8) is 0 Å². The van der Waals surface area contributed by atoms with E-state index in [0.29, 0.717) is 6.54 Å². The molecule has 0 aliphatic rings. The normalized spacial score (nSPS) is 13.1. The molecule has 35 heavy (non-hydrogen) atoms. The molecule has 0 spiro atoms. The molecule has 0 aliphatic heterocycles. The topological polar surface area (TPSA) is 80.8 Å². The van der Waals surface area contributed by atoms with Crippen LogP contribution >= 0.6 is 15.9 Å². The van der Waals surface area contributed by atoms with E-state index >= 15 is 0 Å². The quantitative estimate of drug-likeness (QED) is 0.294. The van der Waals surface area contributed by atoms with Gasteiger partial charge in [-0.3, -0.25) is 4.68 Å². The first-order valence-corrected chi connectivity index (χ1v) is 11.6. The van der Waals surface area contributed by atoms with E-state index < -0.39 is 17.2 Å². The van der Waals surface area contributed by atoms with Gasteiger partial charge in [-0.15, -0.1) is 0 Å². The third-order valence-corrected chi connectivity index (χ3v) is 6.32. The van der Waals surface area contributed by atoms with Gasteiger partial charge in [0.2, 0.25) is 0 Å². The lowest BCUT2D eigenvalue weighted by molar-refractivity contribution is -0.00734. The summed E-state index contributed by atoms with van der Waals surface area (Å²) in [6, 6.07) is 17.0. The highest BCUT2D eigenvalue weighted by molar-refractivity contribution is 9.10. The number of anilines is 1. The zero-order chi connectivity index (χ0) is 24.4. The molecule has 7 nitrogen and oxygen atoms in total. The van der Waals surface area contributed by atoms with E-state index in [2.05, 4.69) is 36.4 Å². The predicted octanol–water partition coefficient (Wildman–Crippen LogP) is 4.87. The van der Waals surface area contributed by atoms with Gasteiger partial charge in [0, 0.05) is 33.7 Å². The molecular weight excluding hydrogens is 518 g/mol. The fraction of sp³-hybridized carbons (Fsp3) is 0.160. The number of rotatable bonds is 8. The second-order valence-corrected chi connectivity index (χ2v) is 9.22. The molecule has 0 fully saturated rings. The molecule has 3 aromatic carbocycles. The molecule has 5 aromatic rings. The van der Waals surface area contributed by atoms with Gasteiger partial charge < -0.3 is 10.4 Å². The zero-order valence-corrected chi connectivity index (χ0v) is 20.0. The molecule has 1 atom stereocenters. The Balaban J connectivity index is 1.46. The summed E-state index contributed by atoms with van der Waals surface area (Å²) in [6.45, 7) is 0.442. The third-order valence-electron chi connectivity index (χ3n) is 5.79. The number of hydrogen-bond donors (Lipinski definition) is 2. The Morgan fingerprint density at radius 2 is 1.80 bits per heavy atom. The molecule has 0 aliphatic carbocycles. The fourth-order valence-electron chi connectivity index (χ4n) is 4.03. The smallest absolute Gasteiger partial charge is 0.137 e. The standard InChI is InChI=1S/C25H21BrF2N6O/c26-19-4-1-17(2-5-19)11-30-21-7-3-18-12-31-34(24(18)10-21)14-25(35,13-33-16-29-15-32-33)22-8-6-20(27)9-23(22)28/h1-10,12,15-16,30,35H,11,13-14H2.